The van der Waals surface area contributed by atoms with Crippen LogP contribution >= 0.6 is 0 Å². The van der Waals surface area contributed by atoms with Gasteiger partial charge >= 0.3 is 0 Å². The zero-order chi connectivity index (χ0) is 16.8. The zero-order valence-electron chi connectivity index (χ0n) is 14.1. The summed E-state index contributed by atoms with van der Waals surface area (Å²) in [7, 11) is 0. The van der Waals surface area contributed by atoms with Gasteiger partial charge in [-0.3, -0.25) is 9.59 Å². The molecule has 23 heavy (non-hydrogen) atoms. The third-order valence-electron chi connectivity index (χ3n) is 4.23. The summed E-state index contributed by atoms with van der Waals surface area (Å²) in [6, 6.07) is 10.1. The summed E-state index contributed by atoms with van der Waals surface area (Å²) < 4.78 is 0. The maximum atomic E-state index is 12.6. The van der Waals surface area contributed by atoms with E-state index in [1.807, 2.05) is 36.9 Å². The lowest BCUT2D eigenvalue weighted by Gasteiger charge is -2.24. The van der Waals surface area contributed by atoms with E-state index in [1.54, 1.807) is 4.90 Å². The van der Waals surface area contributed by atoms with Crippen LogP contribution in [-0.4, -0.2) is 47.8 Å². The van der Waals surface area contributed by atoms with Gasteiger partial charge in [-0.25, -0.2) is 0 Å². The highest BCUT2D eigenvalue weighted by atomic mass is 16.2. The molecule has 1 aliphatic heterocycles. The first-order valence-electron chi connectivity index (χ1n) is 8.26. The Morgan fingerprint density at radius 1 is 1.35 bits per heavy atom. The first-order valence-corrected chi connectivity index (χ1v) is 8.26. The molecule has 1 fully saturated rings. The largest absolute Gasteiger partial charge is 0.342 e. The van der Waals surface area contributed by atoms with E-state index < -0.39 is 0 Å². The number of likely N-dealkylation sites (N-methyl/N-ethyl adjacent to an activating group) is 1. The van der Waals surface area contributed by atoms with Crippen molar-refractivity contribution in [3.8, 4) is 0 Å². The molecule has 0 saturated carbocycles. The average molecular weight is 314 g/mol. The summed E-state index contributed by atoms with van der Waals surface area (Å²) in [5.41, 5.74) is 2.18. The number of amides is 2. The predicted molar refractivity (Wildman–Crippen MR) is 91.9 cm³/mol. The van der Waals surface area contributed by atoms with Gasteiger partial charge in [0, 0.05) is 32.6 Å². The van der Waals surface area contributed by atoms with Gasteiger partial charge in [-0.05, 0) is 25.8 Å². The normalized spacial score (nSPS) is 17.4. The molecule has 1 atom stereocenters. The quantitative estimate of drug-likeness (QED) is 0.726. The Balaban J connectivity index is 1.91. The number of rotatable bonds is 7. The van der Waals surface area contributed by atoms with Gasteiger partial charge in [0.25, 0.3) is 0 Å². The minimum atomic E-state index is -0.211. The summed E-state index contributed by atoms with van der Waals surface area (Å²) in [6.07, 6.45) is 1.16. The van der Waals surface area contributed by atoms with Gasteiger partial charge < -0.3 is 9.80 Å². The number of carbonyl (C=O) groups excluding carboxylic acids is 2. The van der Waals surface area contributed by atoms with Crippen molar-refractivity contribution in [2.24, 2.45) is 5.92 Å². The van der Waals surface area contributed by atoms with Gasteiger partial charge in [-0.15, -0.1) is 0 Å². The van der Waals surface area contributed by atoms with Crippen molar-refractivity contribution < 1.29 is 9.59 Å². The minimum absolute atomic E-state index is 0.0751. The fourth-order valence-corrected chi connectivity index (χ4v) is 2.99. The molecule has 0 radical (unpaired) electrons. The molecule has 2 rings (SSSR count). The molecule has 124 valence electrons. The molecule has 0 spiro atoms. The van der Waals surface area contributed by atoms with E-state index >= 15 is 0 Å². The molecule has 1 heterocycles. The van der Waals surface area contributed by atoms with E-state index in [0.717, 1.165) is 12.0 Å². The smallest absolute Gasteiger partial charge is 0.228 e. The van der Waals surface area contributed by atoms with Crippen LogP contribution in [0.15, 0.2) is 42.5 Å². The van der Waals surface area contributed by atoms with Crippen LogP contribution in [0.4, 0.5) is 0 Å². The van der Waals surface area contributed by atoms with Gasteiger partial charge in [-0.1, -0.05) is 42.5 Å². The summed E-state index contributed by atoms with van der Waals surface area (Å²) in [5.74, 6) is -0.0470. The number of likely N-dealkylation sites (tertiary alicyclic amines) is 1. The lowest BCUT2D eigenvalue weighted by Crippen LogP contribution is -2.38. The van der Waals surface area contributed by atoms with Crippen LogP contribution in [0.2, 0.25) is 0 Å². The van der Waals surface area contributed by atoms with Crippen molar-refractivity contribution in [3.05, 3.63) is 48.0 Å². The minimum Gasteiger partial charge on any atom is -0.342 e. The summed E-state index contributed by atoms with van der Waals surface area (Å²) in [4.78, 5) is 28.4. The van der Waals surface area contributed by atoms with E-state index in [0.29, 0.717) is 32.6 Å². The molecule has 0 bridgehead atoms. The van der Waals surface area contributed by atoms with Crippen LogP contribution in [0.5, 0.6) is 0 Å². The second-order valence-electron chi connectivity index (χ2n) is 6.29. The molecule has 1 aliphatic rings. The molecule has 0 aromatic heterocycles. The van der Waals surface area contributed by atoms with Gasteiger partial charge in [0.1, 0.15) is 0 Å². The average Bonchev–Trinajstić information content (AvgIpc) is 2.92. The monoisotopic (exact) mass is 314 g/mol. The fourth-order valence-electron chi connectivity index (χ4n) is 2.99. The second-order valence-corrected chi connectivity index (χ2v) is 6.29. The van der Waals surface area contributed by atoms with Crippen molar-refractivity contribution in [1.29, 1.82) is 0 Å². The fraction of sp³-hybridized carbons (Fsp3) is 0.474. The highest BCUT2D eigenvalue weighted by Gasteiger charge is 2.35. The molecule has 0 aliphatic carbocycles. The molecule has 1 saturated heterocycles. The van der Waals surface area contributed by atoms with Crippen molar-refractivity contribution in [1.82, 2.24) is 9.80 Å². The molecule has 1 aromatic rings. The van der Waals surface area contributed by atoms with Gasteiger partial charge in [-0.2, -0.15) is 0 Å². The van der Waals surface area contributed by atoms with Crippen molar-refractivity contribution in [3.63, 3.8) is 0 Å². The summed E-state index contributed by atoms with van der Waals surface area (Å²) in [5, 5.41) is 0. The van der Waals surface area contributed by atoms with Crippen molar-refractivity contribution in [2.75, 3.05) is 26.2 Å². The molecule has 0 N–H and O–H groups in total. The van der Waals surface area contributed by atoms with Gasteiger partial charge in [0.15, 0.2) is 0 Å². The zero-order valence-corrected chi connectivity index (χ0v) is 14.1. The standard InChI is InChI=1S/C19H26N2O2/c1-4-20(13-15(2)3)19(23)17-12-18(22)21(14-17)11-10-16-8-6-5-7-9-16/h5-9,17H,2,4,10-14H2,1,3H3. The Bertz CT molecular complexity index is 568. The number of carbonyl (C=O) groups is 2. The molecular weight excluding hydrogens is 288 g/mol. The molecular formula is C19H26N2O2. The first kappa shape index (κ1) is 17.3. The molecule has 4 heteroatoms. The Hall–Kier alpha value is -2.10. The molecule has 1 aromatic carbocycles. The van der Waals surface area contributed by atoms with Crippen LogP contribution in [0, 0.1) is 5.92 Å². The summed E-state index contributed by atoms with van der Waals surface area (Å²) >= 11 is 0. The first-order chi connectivity index (χ1) is 11.0. The molecule has 4 nitrogen and oxygen atoms in total. The number of benzene rings is 1. The molecule has 1 unspecified atom stereocenters. The Morgan fingerprint density at radius 3 is 2.65 bits per heavy atom. The lowest BCUT2D eigenvalue weighted by molar-refractivity contribution is -0.135. The predicted octanol–water partition coefficient (Wildman–Crippen LogP) is 2.50. The lowest BCUT2D eigenvalue weighted by atomic mass is 10.1. The number of hydrogen-bond acceptors (Lipinski definition) is 2. The SMILES string of the molecule is C=C(C)CN(CC)C(=O)C1CC(=O)N(CCc2ccccc2)C1. The highest BCUT2D eigenvalue weighted by Crippen LogP contribution is 2.21. The van der Waals surface area contributed by atoms with E-state index in [1.165, 1.54) is 5.56 Å². The Kier molecular flexibility index (Phi) is 5.97. The maximum absolute atomic E-state index is 12.6. The van der Waals surface area contributed by atoms with Crippen LogP contribution in [0.25, 0.3) is 0 Å². The van der Waals surface area contributed by atoms with Crippen LogP contribution in [-0.2, 0) is 16.0 Å². The van der Waals surface area contributed by atoms with Crippen molar-refractivity contribution in [2.45, 2.75) is 26.7 Å². The van der Waals surface area contributed by atoms with Crippen LogP contribution in [0.1, 0.15) is 25.8 Å². The van der Waals surface area contributed by atoms with Crippen LogP contribution < -0.4 is 0 Å². The highest BCUT2D eigenvalue weighted by molar-refractivity contribution is 5.89. The molecule has 2 amide bonds. The second kappa shape index (κ2) is 7.95. The third-order valence-corrected chi connectivity index (χ3v) is 4.23. The van der Waals surface area contributed by atoms with Gasteiger partial charge in [0.05, 0.1) is 5.92 Å². The topological polar surface area (TPSA) is 40.6 Å². The van der Waals surface area contributed by atoms with Crippen LogP contribution in [0.3, 0.4) is 0 Å². The Morgan fingerprint density at radius 2 is 2.04 bits per heavy atom. The number of hydrogen-bond donors (Lipinski definition) is 0. The number of nitrogens with zero attached hydrogens (tertiary/aromatic N) is 2. The van der Waals surface area contributed by atoms with Crippen molar-refractivity contribution >= 4 is 11.8 Å². The van der Waals surface area contributed by atoms with E-state index in [9.17, 15) is 9.59 Å². The van der Waals surface area contributed by atoms with Gasteiger partial charge in [0.2, 0.25) is 11.8 Å². The van der Waals surface area contributed by atoms with E-state index in [-0.39, 0.29) is 17.7 Å². The van der Waals surface area contributed by atoms with E-state index in [4.69, 9.17) is 0 Å². The van der Waals surface area contributed by atoms with E-state index in [2.05, 4.69) is 18.7 Å². The summed E-state index contributed by atoms with van der Waals surface area (Å²) in [6.45, 7) is 10.2. The maximum Gasteiger partial charge on any atom is 0.228 e. The third kappa shape index (κ3) is 4.68. The Labute approximate surface area is 138 Å².